The summed E-state index contributed by atoms with van der Waals surface area (Å²) < 4.78 is 26.4. The molecule has 7 heteroatoms. The average molecular weight is 326 g/mol. The summed E-state index contributed by atoms with van der Waals surface area (Å²) in [5.41, 5.74) is 0.453. The Morgan fingerprint density at radius 1 is 1.09 bits per heavy atom. The minimum Gasteiger partial charge on any atom is -0.356 e. The number of amides is 1. The van der Waals surface area contributed by atoms with Gasteiger partial charge in [0.15, 0.2) is 5.78 Å². The molecule has 0 heterocycles. The second kappa shape index (κ2) is 8.65. The zero-order valence-corrected chi connectivity index (χ0v) is 13.7. The number of carbonyl (C=O) groups excluding carboxylic acids is 2. The molecule has 0 atom stereocenters. The maximum Gasteiger partial charge on any atom is 0.240 e. The third-order valence-corrected chi connectivity index (χ3v) is 4.54. The van der Waals surface area contributed by atoms with Crippen molar-refractivity contribution in [1.29, 1.82) is 0 Å². The molecule has 0 saturated heterocycles. The number of carbonyl (C=O) groups is 2. The Hall–Kier alpha value is -1.73. The Kier molecular flexibility index (Phi) is 7.20. The highest BCUT2D eigenvalue weighted by Crippen LogP contribution is 2.10. The Morgan fingerprint density at radius 2 is 1.73 bits per heavy atom. The fraction of sp³-hybridized carbons (Fsp3) is 0.467. The molecule has 0 aromatic heterocycles. The van der Waals surface area contributed by atoms with Crippen LogP contribution in [0.5, 0.6) is 0 Å². The predicted molar refractivity (Wildman–Crippen MR) is 84.2 cm³/mol. The van der Waals surface area contributed by atoms with Crippen molar-refractivity contribution >= 4 is 21.7 Å². The number of Topliss-reactive ketones (excluding diaryl/α,β-unsaturated/α-hetero) is 1. The first-order valence-corrected chi connectivity index (χ1v) is 8.72. The lowest BCUT2D eigenvalue weighted by Gasteiger charge is -2.08. The van der Waals surface area contributed by atoms with E-state index in [4.69, 9.17) is 0 Å². The lowest BCUT2D eigenvalue weighted by atomic mass is 10.2. The minimum absolute atomic E-state index is 0.0365. The van der Waals surface area contributed by atoms with Gasteiger partial charge in [-0.3, -0.25) is 9.59 Å². The van der Waals surface area contributed by atoms with Gasteiger partial charge in [-0.1, -0.05) is 25.5 Å². The first-order chi connectivity index (χ1) is 10.4. The molecule has 122 valence electrons. The summed E-state index contributed by atoms with van der Waals surface area (Å²) in [7, 11) is -3.66. The molecule has 0 aliphatic carbocycles. The van der Waals surface area contributed by atoms with Crippen LogP contribution >= 0.6 is 0 Å². The second-order valence-electron chi connectivity index (χ2n) is 4.93. The maximum absolute atomic E-state index is 12.0. The first kappa shape index (κ1) is 18.3. The molecule has 0 radical (unpaired) electrons. The average Bonchev–Trinajstić information content (AvgIpc) is 2.47. The van der Waals surface area contributed by atoms with Crippen LogP contribution in [-0.4, -0.2) is 33.2 Å². The van der Waals surface area contributed by atoms with Crippen LogP contribution in [0.1, 0.15) is 43.5 Å². The predicted octanol–water partition coefficient (Wildman–Crippen LogP) is 1.47. The van der Waals surface area contributed by atoms with Crippen LogP contribution < -0.4 is 10.0 Å². The van der Waals surface area contributed by atoms with Crippen LogP contribution in [0.2, 0.25) is 0 Å². The summed E-state index contributed by atoms with van der Waals surface area (Å²) in [6, 6.07) is 5.68. The lowest BCUT2D eigenvalue weighted by Crippen LogP contribution is -2.31. The highest BCUT2D eigenvalue weighted by atomic mass is 32.2. The van der Waals surface area contributed by atoms with Crippen molar-refractivity contribution in [2.24, 2.45) is 0 Å². The van der Waals surface area contributed by atoms with Crippen molar-refractivity contribution < 1.29 is 18.0 Å². The van der Waals surface area contributed by atoms with E-state index in [-0.39, 0.29) is 29.6 Å². The van der Waals surface area contributed by atoms with Gasteiger partial charge in [0.2, 0.25) is 15.9 Å². The number of hydrogen-bond acceptors (Lipinski definition) is 4. The van der Waals surface area contributed by atoms with Gasteiger partial charge < -0.3 is 5.32 Å². The molecule has 0 saturated carbocycles. The summed E-state index contributed by atoms with van der Waals surface area (Å²) in [4.78, 5) is 22.7. The molecule has 1 aromatic rings. The van der Waals surface area contributed by atoms with E-state index in [0.717, 1.165) is 12.8 Å². The monoisotopic (exact) mass is 326 g/mol. The quantitative estimate of drug-likeness (QED) is 0.531. The maximum atomic E-state index is 12.0. The Morgan fingerprint density at radius 3 is 2.27 bits per heavy atom. The van der Waals surface area contributed by atoms with Crippen LogP contribution in [0.15, 0.2) is 29.2 Å². The van der Waals surface area contributed by atoms with Gasteiger partial charge in [-0.15, -0.1) is 0 Å². The number of unbranched alkanes of at least 4 members (excludes halogenated alkanes) is 1. The van der Waals surface area contributed by atoms with E-state index >= 15 is 0 Å². The SMILES string of the molecule is CCCCNC(=O)CCNS(=O)(=O)c1ccc(C(C)=O)cc1. The molecular formula is C15H22N2O4S. The van der Waals surface area contributed by atoms with Crippen LogP contribution in [0, 0.1) is 0 Å². The topological polar surface area (TPSA) is 92.3 Å². The Bertz CT molecular complexity index is 609. The molecule has 1 amide bonds. The highest BCUT2D eigenvalue weighted by Gasteiger charge is 2.14. The molecular weight excluding hydrogens is 304 g/mol. The third-order valence-electron chi connectivity index (χ3n) is 3.07. The molecule has 0 aliphatic heterocycles. The molecule has 2 N–H and O–H groups in total. The van der Waals surface area contributed by atoms with Crippen LogP contribution in [-0.2, 0) is 14.8 Å². The largest absolute Gasteiger partial charge is 0.356 e. The van der Waals surface area contributed by atoms with Crippen LogP contribution in [0.25, 0.3) is 0 Å². The molecule has 0 unspecified atom stereocenters. The van der Waals surface area contributed by atoms with Crippen molar-refractivity contribution in [2.75, 3.05) is 13.1 Å². The van der Waals surface area contributed by atoms with Gasteiger partial charge in [-0.05, 0) is 25.5 Å². The van der Waals surface area contributed by atoms with E-state index < -0.39 is 10.0 Å². The van der Waals surface area contributed by atoms with Gasteiger partial charge in [-0.25, -0.2) is 13.1 Å². The smallest absolute Gasteiger partial charge is 0.240 e. The van der Waals surface area contributed by atoms with Crippen molar-refractivity contribution in [2.45, 2.75) is 38.0 Å². The van der Waals surface area contributed by atoms with Gasteiger partial charge in [-0.2, -0.15) is 0 Å². The van der Waals surface area contributed by atoms with Crippen molar-refractivity contribution in [1.82, 2.24) is 10.0 Å². The van der Waals surface area contributed by atoms with Crippen LogP contribution in [0.3, 0.4) is 0 Å². The highest BCUT2D eigenvalue weighted by molar-refractivity contribution is 7.89. The molecule has 0 spiro atoms. The fourth-order valence-electron chi connectivity index (χ4n) is 1.74. The van der Waals surface area contributed by atoms with E-state index in [1.165, 1.54) is 31.2 Å². The van der Waals surface area contributed by atoms with E-state index in [9.17, 15) is 18.0 Å². The van der Waals surface area contributed by atoms with Crippen LogP contribution in [0.4, 0.5) is 0 Å². The van der Waals surface area contributed by atoms with Gasteiger partial charge in [0, 0.05) is 25.1 Å². The summed E-state index contributed by atoms with van der Waals surface area (Å²) >= 11 is 0. The molecule has 22 heavy (non-hydrogen) atoms. The van der Waals surface area contributed by atoms with Gasteiger partial charge in [0.1, 0.15) is 0 Å². The van der Waals surface area contributed by atoms with Gasteiger partial charge in [0.05, 0.1) is 4.90 Å². The zero-order chi connectivity index (χ0) is 16.6. The Labute approximate surface area is 131 Å². The summed E-state index contributed by atoms with van der Waals surface area (Å²) in [6.45, 7) is 4.08. The second-order valence-corrected chi connectivity index (χ2v) is 6.70. The van der Waals surface area contributed by atoms with Crippen molar-refractivity contribution in [3.05, 3.63) is 29.8 Å². The minimum atomic E-state index is -3.66. The first-order valence-electron chi connectivity index (χ1n) is 7.24. The number of nitrogens with one attached hydrogen (secondary N) is 2. The van der Waals surface area contributed by atoms with E-state index in [1.807, 2.05) is 6.92 Å². The molecule has 0 bridgehead atoms. The number of ketones is 1. The zero-order valence-electron chi connectivity index (χ0n) is 12.9. The number of rotatable bonds is 9. The lowest BCUT2D eigenvalue weighted by molar-refractivity contribution is -0.120. The van der Waals surface area contributed by atoms with E-state index in [1.54, 1.807) is 0 Å². The van der Waals surface area contributed by atoms with E-state index in [0.29, 0.717) is 12.1 Å². The van der Waals surface area contributed by atoms with Gasteiger partial charge in [0.25, 0.3) is 0 Å². The van der Waals surface area contributed by atoms with Crippen molar-refractivity contribution in [3.8, 4) is 0 Å². The van der Waals surface area contributed by atoms with Crippen molar-refractivity contribution in [3.63, 3.8) is 0 Å². The summed E-state index contributed by atoms with van der Waals surface area (Å²) in [5, 5.41) is 2.72. The van der Waals surface area contributed by atoms with E-state index in [2.05, 4.69) is 10.0 Å². The molecule has 1 aromatic carbocycles. The standard InChI is InChI=1S/C15H22N2O4S/c1-3-4-10-16-15(19)9-11-17-22(20,21)14-7-5-13(6-8-14)12(2)18/h5-8,17H,3-4,9-11H2,1-2H3,(H,16,19). The fourth-order valence-corrected chi connectivity index (χ4v) is 2.78. The van der Waals surface area contributed by atoms with Gasteiger partial charge >= 0.3 is 0 Å². The molecule has 6 nitrogen and oxygen atoms in total. The normalized spacial score (nSPS) is 11.2. The number of sulfonamides is 1. The molecule has 0 fully saturated rings. The molecule has 1 rings (SSSR count). The summed E-state index contributed by atoms with van der Waals surface area (Å²) in [5.74, 6) is -0.302. The number of hydrogen-bond donors (Lipinski definition) is 2. The number of benzene rings is 1. The Balaban J connectivity index is 2.50. The summed E-state index contributed by atoms with van der Waals surface area (Å²) in [6.07, 6.45) is 1.98. The molecule has 0 aliphatic rings. The third kappa shape index (κ3) is 5.95.